The summed E-state index contributed by atoms with van der Waals surface area (Å²) in [5.74, 6) is 0.191. The number of hydrogen-bond donors (Lipinski definition) is 1. The van der Waals surface area contributed by atoms with Gasteiger partial charge in [-0.15, -0.1) is 17.9 Å². The smallest absolute Gasteiger partial charge is 0.210 e. The van der Waals surface area contributed by atoms with E-state index in [0.29, 0.717) is 10.5 Å². The van der Waals surface area contributed by atoms with Crippen molar-refractivity contribution in [3.8, 4) is 5.88 Å². The first-order chi connectivity index (χ1) is 10.7. The molecule has 0 fully saturated rings. The molecule has 0 spiro atoms. The molecule has 1 aliphatic rings. The van der Waals surface area contributed by atoms with Crippen LogP contribution in [0, 0.1) is 3.95 Å². The van der Waals surface area contributed by atoms with Gasteiger partial charge in [-0.3, -0.25) is 9.56 Å². The van der Waals surface area contributed by atoms with Crippen LogP contribution >= 0.6 is 23.6 Å². The number of rotatable bonds is 4. The fourth-order valence-corrected chi connectivity index (χ4v) is 3.80. The second kappa shape index (κ2) is 6.02. The predicted molar refractivity (Wildman–Crippen MR) is 96.8 cm³/mol. The maximum Gasteiger partial charge on any atom is 0.210 e. The summed E-state index contributed by atoms with van der Waals surface area (Å²) in [6.07, 6.45) is 6.47. The van der Waals surface area contributed by atoms with E-state index < -0.39 is 0 Å². The largest absolute Gasteiger partial charge is 0.493 e. The van der Waals surface area contributed by atoms with Crippen molar-refractivity contribution in [1.29, 1.82) is 0 Å². The number of benzene rings is 1. The Morgan fingerprint density at radius 2 is 2.27 bits per heavy atom. The highest BCUT2D eigenvalue weighted by Gasteiger charge is 2.17. The van der Waals surface area contributed by atoms with E-state index in [0.717, 1.165) is 28.1 Å². The molecule has 1 aliphatic heterocycles. The highest BCUT2D eigenvalue weighted by atomic mass is 32.1. The van der Waals surface area contributed by atoms with E-state index >= 15 is 0 Å². The van der Waals surface area contributed by atoms with Crippen molar-refractivity contribution in [3.63, 3.8) is 0 Å². The highest BCUT2D eigenvalue weighted by Crippen LogP contribution is 2.38. The van der Waals surface area contributed by atoms with E-state index in [-0.39, 0.29) is 5.88 Å². The van der Waals surface area contributed by atoms with Crippen molar-refractivity contribution in [3.05, 3.63) is 50.8 Å². The summed E-state index contributed by atoms with van der Waals surface area (Å²) in [6.45, 7) is 6.32. The molecule has 0 saturated heterocycles. The first-order valence-corrected chi connectivity index (χ1v) is 8.29. The molecular formula is C17H16N2OS2. The maximum atomic E-state index is 10.3. The highest BCUT2D eigenvalue weighted by molar-refractivity contribution is 7.73. The van der Waals surface area contributed by atoms with Crippen LogP contribution in [0.2, 0.25) is 0 Å². The summed E-state index contributed by atoms with van der Waals surface area (Å²) in [4.78, 5) is 5.28. The van der Waals surface area contributed by atoms with Gasteiger partial charge in [-0.25, -0.2) is 0 Å². The molecule has 22 heavy (non-hydrogen) atoms. The average Bonchev–Trinajstić information content (AvgIpc) is 3.04. The molecule has 0 unspecified atom stereocenters. The van der Waals surface area contributed by atoms with E-state index in [1.54, 1.807) is 10.6 Å². The number of thiazole rings is 1. The third kappa shape index (κ3) is 2.46. The van der Waals surface area contributed by atoms with Gasteiger partial charge in [0.25, 0.3) is 0 Å². The van der Waals surface area contributed by atoms with E-state index in [1.165, 1.54) is 16.9 Å². The molecule has 1 aromatic carbocycles. The lowest BCUT2D eigenvalue weighted by atomic mass is 10.0. The second-order valence-corrected chi connectivity index (χ2v) is 6.66. The minimum atomic E-state index is 0.191. The van der Waals surface area contributed by atoms with Gasteiger partial charge in [0.2, 0.25) is 5.88 Å². The van der Waals surface area contributed by atoms with Gasteiger partial charge >= 0.3 is 0 Å². The number of hydrogen-bond acceptors (Lipinski definition) is 4. The fraction of sp³-hybridized carbons (Fsp3) is 0.176. The number of allylic oxidation sites excluding steroid dienone is 2. The Kier molecular flexibility index (Phi) is 4.09. The van der Waals surface area contributed by atoms with E-state index in [9.17, 15) is 5.11 Å². The number of nitrogens with zero attached hydrogens (tertiary/aromatic N) is 2. The van der Waals surface area contributed by atoms with Crippen molar-refractivity contribution in [2.24, 2.45) is 4.99 Å². The van der Waals surface area contributed by atoms with Crippen LogP contribution in [0.3, 0.4) is 0 Å². The number of aromatic hydroxyl groups is 1. The van der Waals surface area contributed by atoms with Gasteiger partial charge in [0.15, 0.2) is 3.95 Å². The SMILES string of the molecule is C=CCn1c(O)c(/C=C2\C=Nc3c(CC)cccc32)sc1=S. The molecule has 5 heteroatoms. The van der Waals surface area contributed by atoms with Crippen molar-refractivity contribution in [2.75, 3.05) is 0 Å². The quantitative estimate of drug-likeness (QED) is 0.634. The molecule has 3 rings (SSSR count). The Hall–Kier alpha value is -1.98. The van der Waals surface area contributed by atoms with Crippen LogP contribution in [-0.4, -0.2) is 15.9 Å². The molecule has 1 N–H and O–H groups in total. The molecule has 112 valence electrons. The number of aromatic nitrogens is 1. The summed E-state index contributed by atoms with van der Waals surface area (Å²) in [7, 11) is 0. The molecule has 0 saturated carbocycles. The molecule has 2 aromatic rings. The molecule has 1 aromatic heterocycles. The average molecular weight is 328 g/mol. The van der Waals surface area contributed by atoms with Crippen LogP contribution in [0.1, 0.15) is 22.9 Å². The third-order valence-corrected chi connectivity index (χ3v) is 5.02. The topological polar surface area (TPSA) is 37.5 Å². The monoisotopic (exact) mass is 328 g/mol. The molecule has 0 aliphatic carbocycles. The van der Waals surface area contributed by atoms with E-state index in [2.05, 4.69) is 30.6 Å². The standard InChI is InChI=1S/C17H16N2OS2/c1-3-8-19-16(20)14(22-17(19)21)9-12-10-18-15-11(4-2)6-5-7-13(12)15/h3,5-7,9-10,20H,1,4,8H2,2H3/b12-9+. The van der Waals surface area contributed by atoms with E-state index in [4.69, 9.17) is 12.2 Å². The molecular weight excluding hydrogens is 312 g/mol. The zero-order chi connectivity index (χ0) is 15.7. The van der Waals surface area contributed by atoms with Crippen molar-refractivity contribution >= 4 is 47.1 Å². The van der Waals surface area contributed by atoms with Gasteiger partial charge in [-0.05, 0) is 30.3 Å². The minimum absolute atomic E-state index is 0.191. The molecule has 0 radical (unpaired) electrons. The lowest BCUT2D eigenvalue weighted by molar-refractivity contribution is 0.424. The van der Waals surface area contributed by atoms with Gasteiger partial charge < -0.3 is 5.11 Å². The van der Waals surface area contributed by atoms with Crippen LogP contribution in [0.4, 0.5) is 5.69 Å². The van der Waals surface area contributed by atoms with Gasteiger partial charge in [0, 0.05) is 23.9 Å². The Morgan fingerprint density at radius 1 is 1.45 bits per heavy atom. The summed E-state index contributed by atoms with van der Waals surface area (Å²) in [6, 6.07) is 6.20. The van der Waals surface area contributed by atoms with Gasteiger partial charge in [0.1, 0.15) is 0 Å². The van der Waals surface area contributed by atoms with Crippen LogP contribution in [0.15, 0.2) is 35.8 Å². The van der Waals surface area contributed by atoms with Crippen molar-refractivity contribution < 1.29 is 5.11 Å². The van der Waals surface area contributed by atoms with Gasteiger partial charge in [-0.2, -0.15) is 0 Å². The summed E-state index contributed by atoms with van der Waals surface area (Å²) >= 11 is 6.69. The maximum absolute atomic E-state index is 10.3. The van der Waals surface area contributed by atoms with Crippen LogP contribution < -0.4 is 0 Å². The predicted octanol–water partition coefficient (Wildman–Crippen LogP) is 4.99. The molecule has 0 amide bonds. The number of para-hydroxylation sites is 1. The third-order valence-electron chi connectivity index (χ3n) is 3.64. The van der Waals surface area contributed by atoms with Crippen LogP contribution in [0.25, 0.3) is 11.6 Å². The number of aryl methyl sites for hydroxylation is 1. The number of aliphatic imine (C=N–C) groups is 1. The molecule has 0 atom stereocenters. The Labute approximate surface area is 138 Å². The van der Waals surface area contributed by atoms with E-state index in [1.807, 2.05) is 18.4 Å². The second-order valence-electron chi connectivity index (χ2n) is 4.98. The lowest BCUT2D eigenvalue weighted by Gasteiger charge is -2.04. The molecule has 0 bridgehead atoms. The Morgan fingerprint density at radius 3 is 3.00 bits per heavy atom. The Bertz CT molecular complexity index is 856. The summed E-state index contributed by atoms with van der Waals surface area (Å²) < 4.78 is 2.32. The van der Waals surface area contributed by atoms with Crippen LogP contribution in [-0.2, 0) is 13.0 Å². The summed E-state index contributed by atoms with van der Waals surface area (Å²) in [5, 5.41) is 10.3. The van der Waals surface area contributed by atoms with Crippen molar-refractivity contribution in [1.82, 2.24) is 4.57 Å². The fourth-order valence-electron chi connectivity index (χ4n) is 2.52. The Balaban J connectivity index is 2.07. The normalized spacial score (nSPS) is 14.5. The van der Waals surface area contributed by atoms with Gasteiger partial charge in [-0.1, -0.05) is 31.2 Å². The van der Waals surface area contributed by atoms with Gasteiger partial charge in [0.05, 0.1) is 10.6 Å². The zero-order valence-electron chi connectivity index (χ0n) is 12.2. The van der Waals surface area contributed by atoms with Crippen LogP contribution in [0.5, 0.6) is 5.88 Å². The molecule has 2 heterocycles. The molecule has 3 nitrogen and oxygen atoms in total. The first kappa shape index (κ1) is 14.9. The lowest BCUT2D eigenvalue weighted by Crippen LogP contribution is -1.93. The van der Waals surface area contributed by atoms with Crippen molar-refractivity contribution in [2.45, 2.75) is 19.9 Å². The first-order valence-electron chi connectivity index (χ1n) is 7.07. The minimum Gasteiger partial charge on any atom is -0.493 e. The summed E-state index contributed by atoms with van der Waals surface area (Å²) in [5.41, 5.74) is 4.37. The number of fused-ring (bicyclic) bond motifs is 1. The zero-order valence-corrected chi connectivity index (χ0v) is 13.9.